The number of nitrogens with zero attached hydrogens (tertiary/aromatic N) is 3. The fraction of sp³-hybridized carbons (Fsp3) is 0.440. The van der Waals surface area contributed by atoms with E-state index < -0.39 is 5.60 Å². The van der Waals surface area contributed by atoms with E-state index in [9.17, 15) is 4.79 Å². The van der Waals surface area contributed by atoms with Gasteiger partial charge in [0.15, 0.2) is 10.7 Å². The molecule has 1 amide bonds. The molecule has 0 unspecified atom stereocenters. The molecule has 0 N–H and O–H groups in total. The van der Waals surface area contributed by atoms with E-state index in [2.05, 4.69) is 18.7 Å². The van der Waals surface area contributed by atoms with Crippen LogP contribution in [0.1, 0.15) is 34.6 Å². The van der Waals surface area contributed by atoms with Crippen molar-refractivity contribution in [2.24, 2.45) is 0 Å². The van der Waals surface area contributed by atoms with Gasteiger partial charge in [0, 0.05) is 18.1 Å². The van der Waals surface area contributed by atoms with Crippen molar-refractivity contribution in [1.82, 2.24) is 9.88 Å². The van der Waals surface area contributed by atoms with Crippen molar-refractivity contribution in [1.29, 1.82) is 0 Å². The number of anilines is 1. The molecule has 0 fully saturated rings. The maximum Gasteiger partial charge on any atom is 0.272 e. The van der Waals surface area contributed by atoms with E-state index in [0.29, 0.717) is 29.1 Å². The first kappa shape index (κ1) is 25.3. The molecule has 1 heterocycles. The van der Waals surface area contributed by atoms with Gasteiger partial charge in [-0.05, 0) is 76.3 Å². The lowest BCUT2D eigenvalue weighted by Crippen LogP contribution is -2.51. The molecule has 8 heteroatoms. The number of amides is 1. The predicted molar refractivity (Wildman–Crippen MR) is 137 cm³/mol. The van der Waals surface area contributed by atoms with Crippen molar-refractivity contribution >= 4 is 44.2 Å². The van der Waals surface area contributed by atoms with Crippen LogP contribution in [0, 0.1) is 0 Å². The Kier molecular flexibility index (Phi) is 8.57. The second-order valence-corrected chi connectivity index (χ2v) is 9.55. The third kappa shape index (κ3) is 6.37. The maximum atomic E-state index is 13.8. The first-order chi connectivity index (χ1) is 15.8. The van der Waals surface area contributed by atoms with Gasteiger partial charge >= 0.3 is 0 Å². The molecule has 178 valence electrons. The normalized spacial score (nSPS) is 11.7. The van der Waals surface area contributed by atoms with E-state index in [1.165, 1.54) is 11.3 Å². The Labute approximate surface area is 205 Å². The highest BCUT2D eigenvalue weighted by Crippen LogP contribution is 2.33. The molecule has 33 heavy (non-hydrogen) atoms. The fourth-order valence-electron chi connectivity index (χ4n) is 3.50. The monoisotopic (exact) mass is 489 g/mol. The molecule has 0 aliphatic carbocycles. The van der Waals surface area contributed by atoms with Gasteiger partial charge in [0.2, 0.25) is 0 Å². The third-order valence-electron chi connectivity index (χ3n) is 5.37. The van der Waals surface area contributed by atoms with Crippen molar-refractivity contribution in [3.05, 3.63) is 47.5 Å². The second-order valence-electron chi connectivity index (χ2n) is 8.11. The van der Waals surface area contributed by atoms with Gasteiger partial charge in [0.05, 0.1) is 16.8 Å². The van der Waals surface area contributed by atoms with Crippen LogP contribution < -0.4 is 14.4 Å². The van der Waals surface area contributed by atoms with E-state index in [-0.39, 0.29) is 5.91 Å². The molecular weight excluding hydrogens is 458 g/mol. The quantitative estimate of drug-likeness (QED) is 0.336. The molecule has 0 saturated carbocycles. The van der Waals surface area contributed by atoms with Crippen molar-refractivity contribution < 1.29 is 14.3 Å². The number of halogens is 1. The first-order valence-electron chi connectivity index (χ1n) is 11.3. The Bertz CT molecular complexity index is 1060. The predicted octanol–water partition coefficient (Wildman–Crippen LogP) is 5.88. The Hall–Kier alpha value is -2.35. The van der Waals surface area contributed by atoms with Gasteiger partial charge in [-0.15, -0.1) is 0 Å². The summed E-state index contributed by atoms with van der Waals surface area (Å²) in [6.07, 6.45) is 0. The van der Waals surface area contributed by atoms with Crippen LogP contribution in [0.15, 0.2) is 42.5 Å². The van der Waals surface area contributed by atoms with Crippen LogP contribution >= 0.6 is 22.9 Å². The molecule has 3 aromatic rings. The van der Waals surface area contributed by atoms with Crippen LogP contribution in [-0.2, 0) is 4.79 Å². The Morgan fingerprint density at radius 1 is 1.03 bits per heavy atom. The summed E-state index contributed by atoms with van der Waals surface area (Å²) >= 11 is 7.48. The molecule has 0 saturated heterocycles. The highest BCUT2D eigenvalue weighted by molar-refractivity contribution is 7.22. The standard InChI is InChI=1S/C25H32ClN3O3S/c1-6-28(7-2)15-16-29(23(30)25(4,5)32-19-11-9-18(26)10-12-19)24-27-21-14-13-20(31-8-3)17-22(21)33-24/h9-14,17H,6-8,15-16H2,1-5H3. The van der Waals surface area contributed by atoms with E-state index in [1.807, 2.05) is 25.1 Å². The number of carbonyl (C=O) groups excluding carboxylic acids is 1. The highest BCUT2D eigenvalue weighted by atomic mass is 35.5. The molecule has 1 aromatic heterocycles. The van der Waals surface area contributed by atoms with Gasteiger partial charge in [0.1, 0.15) is 11.5 Å². The zero-order valence-electron chi connectivity index (χ0n) is 19.9. The molecule has 0 spiro atoms. The Balaban J connectivity index is 1.91. The van der Waals surface area contributed by atoms with Gasteiger partial charge in [-0.3, -0.25) is 9.69 Å². The molecule has 0 bridgehead atoms. The number of likely N-dealkylation sites (N-methyl/N-ethyl adjacent to an activating group) is 1. The number of thiazole rings is 1. The average Bonchev–Trinajstić information content (AvgIpc) is 3.21. The number of fused-ring (bicyclic) bond motifs is 1. The van der Waals surface area contributed by atoms with Crippen LogP contribution in [-0.4, -0.2) is 54.2 Å². The zero-order chi connectivity index (χ0) is 24.0. The van der Waals surface area contributed by atoms with E-state index in [0.717, 1.165) is 35.6 Å². The molecule has 0 atom stereocenters. The fourth-order valence-corrected chi connectivity index (χ4v) is 4.64. The highest BCUT2D eigenvalue weighted by Gasteiger charge is 2.36. The van der Waals surface area contributed by atoms with Crippen molar-refractivity contribution in [3.8, 4) is 11.5 Å². The summed E-state index contributed by atoms with van der Waals surface area (Å²) in [7, 11) is 0. The van der Waals surface area contributed by atoms with Gasteiger partial charge in [-0.1, -0.05) is 36.8 Å². The molecule has 0 aliphatic heterocycles. The van der Waals surface area contributed by atoms with Crippen LogP contribution in [0.2, 0.25) is 5.02 Å². The summed E-state index contributed by atoms with van der Waals surface area (Å²) in [5, 5.41) is 1.27. The topological polar surface area (TPSA) is 54.9 Å². The molecule has 2 aromatic carbocycles. The Morgan fingerprint density at radius 3 is 2.33 bits per heavy atom. The minimum Gasteiger partial charge on any atom is -0.494 e. The van der Waals surface area contributed by atoms with E-state index in [1.54, 1.807) is 43.0 Å². The number of aromatic nitrogens is 1. The SMILES string of the molecule is CCOc1ccc2nc(N(CCN(CC)CC)C(=O)C(C)(C)Oc3ccc(Cl)cc3)sc2c1. The average molecular weight is 490 g/mol. The third-order valence-corrected chi connectivity index (χ3v) is 6.66. The van der Waals surface area contributed by atoms with Crippen LogP contribution in [0.4, 0.5) is 5.13 Å². The lowest BCUT2D eigenvalue weighted by molar-refractivity contribution is -0.131. The number of carbonyl (C=O) groups is 1. The summed E-state index contributed by atoms with van der Waals surface area (Å²) < 4.78 is 12.7. The van der Waals surface area contributed by atoms with Gasteiger partial charge in [-0.25, -0.2) is 4.98 Å². The summed E-state index contributed by atoms with van der Waals surface area (Å²) in [6.45, 7) is 13.5. The molecule has 0 aliphatic rings. The number of benzene rings is 2. The van der Waals surface area contributed by atoms with Crippen molar-refractivity contribution in [3.63, 3.8) is 0 Å². The minimum absolute atomic E-state index is 0.145. The van der Waals surface area contributed by atoms with Crippen LogP contribution in [0.25, 0.3) is 10.2 Å². The van der Waals surface area contributed by atoms with Crippen LogP contribution in [0.3, 0.4) is 0 Å². The summed E-state index contributed by atoms with van der Waals surface area (Å²) in [5.41, 5.74) is -0.249. The Morgan fingerprint density at radius 2 is 1.70 bits per heavy atom. The number of hydrogen-bond donors (Lipinski definition) is 0. The smallest absolute Gasteiger partial charge is 0.272 e. The molecular formula is C25H32ClN3O3S. The van der Waals surface area contributed by atoms with Gasteiger partial charge < -0.3 is 14.4 Å². The maximum absolute atomic E-state index is 13.8. The van der Waals surface area contributed by atoms with Gasteiger partial charge in [-0.2, -0.15) is 0 Å². The molecule has 0 radical (unpaired) electrons. The summed E-state index contributed by atoms with van der Waals surface area (Å²) in [5.74, 6) is 1.24. The lowest BCUT2D eigenvalue weighted by Gasteiger charge is -2.32. The minimum atomic E-state index is -1.09. The summed E-state index contributed by atoms with van der Waals surface area (Å²) in [6, 6.07) is 12.9. The van der Waals surface area contributed by atoms with Crippen LogP contribution in [0.5, 0.6) is 11.5 Å². The van der Waals surface area contributed by atoms with E-state index in [4.69, 9.17) is 26.1 Å². The first-order valence-corrected chi connectivity index (χ1v) is 12.5. The van der Waals surface area contributed by atoms with Crippen molar-refractivity contribution in [2.75, 3.05) is 37.7 Å². The zero-order valence-corrected chi connectivity index (χ0v) is 21.5. The lowest BCUT2D eigenvalue weighted by atomic mass is 10.1. The number of ether oxygens (including phenoxy) is 2. The van der Waals surface area contributed by atoms with Gasteiger partial charge in [0.25, 0.3) is 5.91 Å². The molecule has 6 nitrogen and oxygen atoms in total. The number of hydrogen-bond acceptors (Lipinski definition) is 6. The largest absolute Gasteiger partial charge is 0.494 e. The summed E-state index contributed by atoms with van der Waals surface area (Å²) in [4.78, 5) is 22.6. The molecule has 3 rings (SSSR count). The second kappa shape index (κ2) is 11.2. The number of rotatable bonds is 11. The van der Waals surface area contributed by atoms with Crippen molar-refractivity contribution in [2.45, 2.75) is 40.2 Å². The van der Waals surface area contributed by atoms with E-state index >= 15 is 0 Å².